The minimum absolute atomic E-state index is 0. The third-order valence-electron chi connectivity index (χ3n) is 5.57. The Hall–Kier alpha value is -1.48. The summed E-state index contributed by atoms with van der Waals surface area (Å²) in [6.45, 7) is 9.88. The summed E-state index contributed by atoms with van der Waals surface area (Å²) in [5, 5.41) is 13.7. The molecular formula is C25H27ClF3N3O3SU. The molecule has 0 aliphatic carbocycles. The molecule has 0 unspecified atom stereocenters. The monoisotopic (exact) mass is 779 g/mol. The van der Waals surface area contributed by atoms with Gasteiger partial charge in [0.05, 0.1) is 5.56 Å². The van der Waals surface area contributed by atoms with Crippen molar-refractivity contribution in [3.05, 3.63) is 65.4 Å². The van der Waals surface area contributed by atoms with E-state index in [2.05, 4.69) is 33.8 Å². The molecule has 6 nitrogen and oxygen atoms in total. The number of carbonyl (C=O) groups excluding carboxylic acids is 1. The summed E-state index contributed by atoms with van der Waals surface area (Å²) in [5.41, 5.74) is 0.0880. The second kappa shape index (κ2) is 14.1. The number of phenolic OH excluding ortho intramolecular Hbond substituents is 1. The number of aromatic hydroxyl groups is 1. The summed E-state index contributed by atoms with van der Waals surface area (Å²) in [6.07, 6.45) is -1.17. The van der Waals surface area contributed by atoms with Gasteiger partial charge in [0.25, 0.3) is 5.91 Å². The molecule has 37 heavy (non-hydrogen) atoms. The van der Waals surface area contributed by atoms with Crippen molar-refractivity contribution >= 4 is 44.2 Å². The number of halogens is 4. The summed E-state index contributed by atoms with van der Waals surface area (Å²) in [4.78, 5) is 19.2. The first-order chi connectivity index (χ1) is 17.0. The largest absolute Gasteiger partial charge is 2.00 e. The van der Waals surface area contributed by atoms with Crippen LogP contribution in [0.15, 0.2) is 24.3 Å². The molecule has 0 bridgehead atoms. The van der Waals surface area contributed by atoms with Crippen molar-refractivity contribution in [3.8, 4) is 5.75 Å². The fourth-order valence-electron chi connectivity index (χ4n) is 3.79. The maximum Gasteiger partial charge on any atom is 2.00 e. The maximum absolute atomic E-state index is 13.1. The molecule has 198 valence electrons. The van der Waals surface area contributed by atoms with Gasteiger partial charge in [-0.25, -0.2) is 0 Å². The molecule has 3 aromatic rings. The smallest absolute Gasteiger partial charge is 0.507 e. The van der Waals surface area contributed by atoms with Gasteiger partial charge in [0.15, 0.2) is 5.13 Å². The van der Waals surface area contributed by atoms with Crippen molar-refractivity contribution < 1.29 is 58.9 Å². The third kappa shape index (κ3) is 8.51. The first kappa shape index (κ1) is 31.7. The normalized spacial score (nSPS) is 14.0. The van der Waals surface area contributed by atoms with E-state index in [0.717, 1.165) is 49.4 Å². The van der Waals surface area contributed by atoms with E-state index in [4.69, 9.17) is 11.6 Å². The van der Waals surface area contributed by atoms with Crippen molar-refractivity contribution in [1.82, 2.24) is 9.88 Å². The molecule has 0 atom stereocenters. The van der Waals surface area contributed by atoms with E-state index in [-0.39, 0.29) is 63.3 Å². The number of thiazole rings is 1. The molecule has 1 aliphatic rings. The second-order valence-corrected chi connectivity index (χ2v) is 9.71. The molecule has 2 aromatic carbocycles. The molecule has 12 heteroatoms. The quantitative estimate of drug-likeness (QED) is 0.287. The number of benzene rings is 2. The molecular weight excluding hydrogens is 753 g/mol. The van der Waals surface area contributed by atoms with Gasteiger partial charge in [0.1, 0.15) is 5.75 Å². The second-order valence-electron chi connectivity index (χ2n) is 8.24. The molecule has 1 saturated heterocycles. The number of rotatable bonds is 5. The molecule has 1 aromatic heterocycles. The van der Waals surface area contributed by atoms with E-state index in [9.17, 15) is 23.1 Å². The molecule has 1 fully saturated rings. The fourth-order valence-corrected chi connectivity index (χ4v) is 4.98. The Morgan fingerprint density at radius 2 is 1.89 bits per heavy atom. The first-order valence-corrected chi connectivity index (χ1v) is 12.4. The van der Waals surface area contributed by atoms with Crippen LogP contribution in [0.1, 0.15) is 46.3 Å². The van der Waals surface area contributed by atoms with Crippen LogP contribution in [0.3, 0.4) is 0 Å². The predicted molar refractivity (Wildman–Crippen MR) is 137 cm³/mol. The topological polar surface area (TPSA) is 74.7 Å². The molecule has 2 N–H and O–H groups in total. The summed E-state index contributed by atoms with van der Waals surface area (Å²) in [6, 6.07) is 4.88. The van der Waals surface area contributed by atoms with E-state index in [1.807, 2.05) is 0 Å². The first-order valence-electron chi connectivity index (χ1n) is 11.2. The molecule has 0 radical (unpaired) electrons. The number of nitrogens with one attached hydrogen (secondary N) is 1. The van der Waals surface area contributed by atoms with Crippen LogP contribution in [0.25, 0.3) is 10.2 Å². The number of phenols is 1. The zero-order chi connectivity index (χ0) is 26.5. The number of ether oxygens (including phenoxy) is 1. The average Bonchev–Trinajstić information content (AvgIpc) is 3.24. The third-order valence-corrected chi connectivity index (χ3v) is 6.70. The fraction of sp³-hybridized carbons (Fsp3) is 0.360. The minimum atomic E-state index is -4.51. The number of hydrogen-bond donors (Lipinski definition) is 2. The Bertz CT molecular complexity index is 1220. The number of alkyl halides is 3. The summed E-state index contributed by atoms with van der Waals surface area (Å²) < 4.78 is 43.9. The molecule has 4 rings (SSSR count). The van der Waals surface area contributed by atoms with Crippen LogP contribution in [0.5, 0.6) is 5.75 Å². The molecule has 1 aliphatic heterocycles. The Labute approximate surface area is 246 Å². The van der Waals surface area contributed by atoms with Crippen molar-refractivity contribution in [2.24, 2.45) is 0 Å². The number of anilines is 1. The van der Waals surface area contributed by atoms with Gasteiger partial charge in [-0.05, 0) is 43.6 Å². The van der Waals surface area contributed by atoms with Gasteiger partial charge in [0.2, 0.25) is 0 Å². The van der Waals surface area contributed by atoms with Crippen molar-refractivity contribution in [2.45, 2.75) is 32.0 Å². The SMILES string of the molecule is [CH2-]COC.[CH2-]c1cc(C(F)(F)F)cc2sc(NC(=O)c3cc(Cl)cc(CN4CCCCC4)c3O)nc12.[U+2]. The Balaban J connectivity index is 0.000000898. The number of hydrogen-bond acceptors (Lipinski definition) is 6. The summed E-state index contributed by atoms with van der Waals surface area (Å²) in [5.74, 6) is -0.818. The zero-order valence-electron chi connectivity index (χ0n) is 20.3. The Morgan fingerprint density at radius 3 is 2.49 bits per heavy atom. The van der Waals surface area contributed by atoms with E-state index in [1.54, 1.807) is 13.2 Å². The number of amides is 1. The van der Waals surface area contributed by atoms with Crippen LogP contribution < -0.4 is 5.32 Å². The van der Waals surface area contributed by atoms with Crippen LogP contribution in [-0.2, 0) is 17.5 Å². The minimum Gasteiger partial charge on any atom is -0.507 e. The van der Waals surface area contributed by atoms with Gasteiger partial charge < -0.3 is 16.8 Å². The summed E-state index contributed by atoms with van der Waals surface area (Å²) in [7, 11) is 1.62. The maximum atomic E-state index is 13.1. The van der Waals surface area contributed by atoms with Crippen molar-refractivity contribution in [2.75, 3.05) is 32.1 Å². The number of piperidine rings is 1. The number of carbonyl (C=O) groups is 1. The van der Waals surface area contributed by atoms with Gasteiger partial charge >= 0.3 is 37.3 Å². The number of fused-ring (bicyclic) bond motifs is 1. The molecule has 0 saturated carbocycles. The van der Waals surface area contributed by atoms with Crippen molar-refractivity contribution in [1.29, 1.82) is 0 Å². The van der Waals surface area contributed by atoms with E-state index < -0.39 is 17.6 Å². The van der Waals surface area contributed by atoms with Crippen molar-refractivity contribution in [3.63, 3.8) is 0 Å². The zero-order valence-corrected chi connectivity index (χ0v) is 26.0. The van der Waals surface area contributed by atoms with Gasteiger partial charge in [-0.1, -0.05) is 30.7 Å². The van der Waals surface area contributed by atoms with Crippen LogP contribution in [0.4, 0.5) is 18.3 Å². The number of likely N-dealkylation sites (tertiary alicyclic amines) is 1. The Morgan fingerprint density at radius 1 is 1.24 bits per heavy atom. The van der Waals surface area contributed by atoms with Gasteiger partial charge in [0, 0.05) is 34.5 Å². The van der Waals surface area contributed by atoms with Crippen LogP contribution >= 0.6 is 22.9 Å². The standard InChI is InChI=1S/C22H20ClF3N3O2S.C3H7O.U/c1-12-7-14(22(24,25)26)9-17-18(12)27-21(32-17)28-20(31)16-10-15(23)8-13(19(16)30)11-29-5-3-2-4-6-29;1-3-4-2;/h7-10,30H,1-6,11H2,(H,27,28,31);1,3H2,2H3;/q2*-1;+2. The number of methoxy groups -OCH3 is 1. The average molecular weight is 780 g/mol. The van der Waals surface area contributed by atoms with Gasteiger partial charge in [-0.15, -0.1) is 17.4 Å². The number of aromatic nitrogens is 1. The summed E-state index contributed by atoms with van der Waals surface area (Å²) >= 11 is 7.10. The molecule has 2 heterocycles. The molecule has 0 spiro atoms. The van der Waals surface area contributed by atoms with E-state index >= 15 is 0 Å². The van der Waals surface area contributed by atoms with E-state index in [0.29, 0.717) is 23.7 Å². The number of nitrogens with zero attached hydrogens (tertiary/aromatic N) is 2. The Kier molecular flexibility index (Phi) is 12.1. The van der Waals surface area contributed by atoms with Crippen LogP contribution in [0.2, 0.25) is 5.02 Å². The van der Waals surface area contributed by atoms with Gasteiger partial charge in [-0.3, -0.25) is 20.0 Å². The predicted octanol–water partition coefficient (Wildman–Crippen LogP) is 6.56. The van der Waals surface area contributed by atoms with E-state index in [1.165, 1.54) is 12.5 Å². The van der Waals surface area contributed by atoms with Gasteiger partial charge in [-0.2, -0.15) is 25.7 Å². The van der Waals surface area contributed by atoms with Crippen LogP contribution in [0, 0.1) is 45.0 Å². The molecule has 1 amide bonds. The van der Waals surface area contributed by atoms with Crippen LogP contribution in [-0.4, -0.2) is 47.7 Å².